The van der Waals surface area contributed by atoms with Gasteiger partial charge in [-0.2, -0.15) is 0 Å². The normalized spacial score (nSPS) is 13.0. The lowest BCUT2D eigenvalue weighted by Crippen LogP contribution is -2.34. The lowest BCUT2D eigenvalue weighted by molar-refractivity contribution is -0.141. The Kier molecular flexibility index (Phi) is 6.14. The van der Waals surface area contributed by atoms with E-state index in [-0.39, 0.29) is 32.0 Å². The van der Waals surface area contributed by atoms with Gasteiger partial charge >= 0.3 is 12.1 Å². The lowest BCUT2D eigenvalue weighted by Gasteiger charge is -2.16. The third-order valence-electron chi connectivity index (χ3n) is 4.83. The van der Waals surface area contributed by atoms with E-state index in [0.717, 1.165) is 22.3 Å². The van der Waals surface area contributed by atoms with Crippen LogP contribution in [0, 0.1) is 5.92 Å². The molecule has 2 aromatic rings. The van der Waals surface area contributed by atoms with Crippen molar-refractivity contribution in [3.8, 4) is 11.1 Å². The molecule has 0 saturated carbocycles. The van der Waals surface area contributed by atoms with Gasteiger partial charge in [-0.3, -0.25) is 4.79 Å². The number of nitrogens with zero attached hydrogens (tertiary/aromatic N) is 3. The number of carboxylic acid groups (broad SMARTS) is 1. The molecular formula is C20H20N4O4. The summed E-state index contributed by atoms with van der Waals surface area (Å²) in [6.45, 7) is 0.128. The first-order valence-electron chi connectivity index (χ1n) is 8.94. The highest BCUT2D eigenvalue weighted by Crippen LogP contribution is 2.44. The summed E-state index contributed by atoms with van der Waals surface area (Å²) in [7, 11) is 0. The van der Waals surface area contributed by atoms with Crippen LogP contribution in [0.3, 0.4) is 0 Å². The number of amides is 1. The molecule has 1 atom stereocenters. The van der Waals surface area contributed by atoms with Crippen molar-refractivity contribution in [2.45, 2.75) is 12.3 Å². The van der Waals surface area contributed by atoms with E-state index in [0.29, 0.717) is 0 Å². The molecule has 144 valence electrons. The second kappa shape index (κ2) is 8.92. The van der Waals surface area contributed by atoms with Crippen molar-refractivity contribution in [3.63, 3.8) is 0 Å². The molecule has 28 heavy (non-hydrogen) atoms. The Bertz CT molecular complexity index is 878. The number of alkyl carbamates (subject to hydrolysis) is 1. The minimum atomic E-state index is -1.06. The van der Waals surface area contributed by atoms with Gasteiger partial charge in [0, 0.05) is 23.9 Å². The van der Waals surface area contributed by atoms with Crippen LogP contribution in [0.15, 0.2) is 53.6 Å². The van der Waals surface area contributed by atoms with Crippen LogP contribution in [0.5, 0.6) is 0 Å². The van der Waals surface area contributed by atoms with Crippen LogP contribution < -0.4 is 5.32 Å². The first-order chi connectivity index (χ1) is 13.6. The van der Waals surface area contributed by atoms with Gasteiger partial charge in [0.25, 0.3) is 0 Å². The molecule has 0 aliphatic heterocycles. The summed E-state index contributed by atoms with van der Waals surface area (Å²) in [6.07, 6.45) is -0.528. The average molecular weight is 380 g/mol. The van der Waals surface area contributed by atoms with Gasteiger partial charge in [-0.1, -0.05) is 53.6 Å². The molecule has 0 heterocycles. The SMILES string of the molecule is [N-]=[N+]=NCC[C@H](CNC(=O)OCC1c2ccccc2-c2ccccc21)C(=O)O. The Morgan fingerprint density at radius 2 is 1.75 bits per heavy atom. The van der Waals surface area contributed by atoms with Crippen molar-refractivity contribution in [2.75, 3.05) is 19.7 Å². The van der Waals surface area contributed by atoms with E-state index in [9.17, 15) is 14.7 Å². The van der Waals surface area contributed by atoms with E-state index in [1.54, 1.807) is 0 Å². The smallest absolute Gasteiger partial charge is 0.407 e. The number of hydrogen-bond donors (Lipinski definition) is 2. The number of carbonyl (C=O) groups is 2. The van der Waals surface area contributed by atoms with Crippen molar-refractivity contribution >= 4 is 12.1 Å². The number of rotatable bonds is 8. The van der Waals surface area contributed by atoms with E-state index < -0.39 is 18.0 Å². The summed E-state index contributed by atoms with van der Waals surface area (Å²) in [5.74, 6) is -1.96. The number of aliphatic carboxylic acids is 1. The number of fused-ring (bicyclic) bond motifs is 3. The maximum atomic E-state index is 12.1. The molecule has 1 amide bonds. The number of hydrogen-bond acceptors (Lipinski definition) is 4. The molecule has 0 saturated heterocycles. The number of ether oxygens (including phenoxy) is 1. The minimum Gasteiger partial charge on any atom is -0.481 e. The quantitative estimate of drug-likeness (QED) is 0.409. The molecule has 0 bridgehead atoms. The molecule has 1 aliphatic rings. The van der Waals surface area contributed by atoms with Gasteiger partial charge in [0.15, 0.2) is 0 Å². The molecule has 0 unspecified atom stereocenters. The third-order valence-corrected chi connectivity index (χ3v) is 4.83. The maximum Gasteiger partial charge on any atom is 0.407 e. The van der Waals surface area contributed by atoms with Crippen LogP contribution in [-0.4, -0.2) is 36.9 Å². The van der Waals surface area contributed by atoms with Crippen molar-refractivity contribution in [1.82, 2.24) is 5.32 Å². The van der Waals surface area contributed by atoms with Crippen molar-refractivity contribution in [2.24, 2.45) is 11.0 Å². The Labute approximate surface area is 161 Å². The summed E-state index contributed by atoms with van der Waals surface area (Å²) in [6, 6.07) is 16.0. The number of carboxylic acids is 1. The predicted octanol–water partition coefficient (Wildman–Crippen LogP) is 3.93. The molecule has 2 aromatic carbocycles. The minimum absolute atomic E-state index is 0.0554. The highest BCUT2D eigenvalue weighted by molar-refractivity contribution is 5.79. The summed E-state index contributed by atoms with van der Waals surface area (Å²) >= 11 is 0. The summed E-state index contributed by atoms with van der Waals surface area (Å²) < 4.78 is 5.37. The van der Waals surface area contributed by atoms with Crippen LogP contribution in [0.2, 0.25) is 0 Å². The molecule has 8 nitrogen and oxygen atoms in total. The van der Waals surface area contributed by atoms with Gasteiger partial charge in [0.1, 0.15) is 6.61 Å². The van der Waals surface area contributed by atoms with Gasteiger partial charge in [-0.25, -0.2) is 4.79 Å². The number of nitrogens with one attached hydrogen (secondary N) is 1. The van der Waals surface area contributed by atoms with Crippen LogP contribution in [0.4, 0.5) is 4.79 Å². The van der Waals surface area contributed by atoms with Gasteiger partial charge in [-0.15, -0.1) is 0 Å². The zero-order valence-electron chi connectivity index (χ0n) is 15.1. The highest BCUT2D eigenvalue weighted by atomic mass is 16.5. The largest absolute Gasteiger partial charge is 0.481 e. The van der Waals surface area contributed by atoms with Crippen LogP contribution in [0.1, 0.15) is 23.5 Å². The zero-order valence-corrected chi connectivity index (χ0v) is 15.1. The first-order valence-corrected chi connectivity index (χ1v) is 8.94. The molecular weight excluding hydrogens is 360 g/mol. The second-order valence-corrected chi connectivity index (χ2v) is 6.48. The van der Waals surface area contributed by atoms with Crippen LogP contribution in [-0.2, 0) is 9.53 Å². The first kappa shape index (κ1) is 19.3. The van der Waals surface area contributed by atoms with Gasteiger partial charge in [-0.05, 0) is 34.2 Å². The predicted molar refractivity (Wildman–Crippen MR) is 103 cm³/mol. The molecule has 1 aliphatic carbocycles. The Hall–Kier alpha value is -3.51. The maximum absolute atomic E-state index is 12.1. The van der Waals surface area contributed by atoms with Gasteiger partial charge < -0.3 is 15.2 Å². The topological polar surface area (TPSA) is 124 Å². The Morgan fingerprint density at radius 1 is 1.14 bits per heavy atom. The van der Waals surface area contributed by atoms with E-state index in [4.69, 9.17) is 10.3 Å². The van der Waals surface area contributed by atoms with Crippen molar-refractivity contribution in [1.29, 1.82) is 0 Å². The summed E-state index contributed by atoms with van der Waals surface area (Å²) in [5, 5.41) is 15.0. The van der Waals surface area contributed by atoms with E-state index in [1.807, 2.05) is 36.4 Å². The fraction of sp³-hybridized carbons (Fsp3) is 0.300. The standard InChI is InChI=1S/C20H20N4O4/c21-24-23-10-9-13(19(25)26)11-22-20(27)28-12-18-16-7-3-1-5-14(16)15-6-2-4-8-17(15)18/h1-8,13,18H,9-12H2,(H,22,27)(H,25,26)/t13-/m1/s1. The average Bonchev–Trinajstić information content (AvgIpc) is 3.02. The fourth-order valence-corrected chi connectivity index (χ4v) is 3.43. The summed E-state index contributed by atoms with van der Waals surface area (Å²) in [5.41, 5.74) is 12.8. The molecule has 2 N–H and O–H groups in total. The molecule has 0 aromatic heterocycles. The highest BCUT2D eigenvalue weighted by Gasteiger charge is 2.29. The summed E-state index contributed by atoms with van der Waals surface area (Å²) in [4.78, 5) is 25.9. The van der Waals surface area contributed by atoms with Gasteiger partial charge in [0.05, 0.1) is 5.92 Å². The van der Waals surface area contributed by atoms with Crippen LogP contribution in [0.25, 0.3) is 21.6 Å². The number of azide groups is 1. The zero-order chi connectivity index (χ0) is 19.9. The fourth-order valence-electron chi connectivity index (χ4n) is 3.43. The molecule has 0 spiro atoms. The van der Waals surface area contributed by atoms with Crippen molar-refractivity contribution < 1.29 is 19.4 Å². The molecule has 3 rings (SSSR count). The van der Waals surface area contributed by atoms with E-state index in [2.05, 4.69) is 27.5 Å². The lowest BCUT2D eigenvalue weighted by atomic mass is 9.98. The van der Waals surface area contributed by atoms with E-state index >= 15 is 0 Å². The monoisotopic (exact) mass is 380 g/mol. The molecule has 0 radical (unpaired) electrons. The van der Waals surface area contributed by atoms with E-state index in [1.165, 1.54) is 0 Å². The Balaban J connectivity index is 1.59. The van der Waals surface area contributed by atoms with Crippen LogP contribution >= 0.6 is 0 Å². The molecule has 8 heteroatoms. The van der Waals surface area contributed by atoms with Gasteiger partial charge in [0.2, 0.25) is 0 Å². The Morgan fingerprint density at radius 3 is 2.32 bits per heavy atom. The van der Waals surface area contributed by atoms with Crippen molar-refractivity contribution in [3.05, 3.63) is 70.1 Å². The number of carbonyl (C=O) groups excluding carboxylic acids is 1. The molecule has 0 fully saturated rings. The second-order valence-electron chi connectivity index (χ2n) is 6.48. The number of benzene rings is 2. The third kappa shape index (κ3) is 4.24.